The van der Waals surface area contributed by atoms with Crippen LogP contribution < -0.4 is 0 Å². The van der Waals surface area contributed by atoms with E-state index in [9.17, 15) is 0 Å². The van der Waals surface area contributed by atoms with Crippen molar-refractivity contribution in [2.75, 3.05) is 26.0 Å². The fourth-order valence-corrected chi connectivity index (χ4v) is 4.33. The first-order valence-electron chi connectivity index (χ1n) is 5.85. The van der Waals surface area contributed by atoms with Gasteiger partial charge in [-0.05, 0) is 7.05 Å². The molecule has 19 heavy (non-hydrogen) atoms. The van der Waals surface area contributed by atoms with Crippen molar-refractivity contribution in [1.29, 1.82) is 0 Å². The second-order valence-electron chi connectivity index (χ2n) is 4.44. The summed E-state index contributed by atoms with van der Waals surface area (Å²) < 4.78 is 3.05. The molecule has 1 aliphatic heterocycles. The number of rotatable bonds is 4. The van der Waals surface area contributed by atoms with Gasteiger partial charge in [0.25, 0.3) is 0 Å². The number of hydrogen-bond acceptors (Lipinski definition) is 5. The average Bonchev–Trinajstić information content (AvgIpc) is 3.01. The third kappa shape index (κ3) is 2.75. The van der Waals surface area contributed by atoms with Gasteiger partial charge in [-0.15, -0.1) is 11.3 Å². The van der Waals surface area contributed by atoms with E-state index in [-0.39, 0.29) is 0 Å². The van der Waals surface area contributed by atoms with Gasteiger partial charge in [0.2, 0.25) is 0 Å². The third-order valence-corrected chi connectivity index (χ3v) is 5.55. The molecule has 0 unspecified atom stereocenters. The highest BCUT2D eigenvalue weighted by atomic mass is 35.5. The van der Waals surface area contributed by atoms with Gasteiger partial charge < -0.3 is 4.90 Å². The molecule has 0 atom stereocenters. The highest BCUT2D eigenvalue weighted by Gasteiger charge is 2.20. The molecule has 8 heteroatoms. The maximum atomic E-state index is 6.20. The fourth-order valence-electron chi connectivity index (χ4n) is 2.10. The Bertz CT molecular complexity index is 608. The number of hydrogen-bond donors (Lipinski definition) is 0. The monoisotopic (exact) mass is 332 g/mol. The summed E-state index contributed by atoms with van der Waals surface area (Å²) in [5.41, 5.74) is 1.04. The van der Waals surface area contributed by atoms with Gasteiger partial charge in [-0.3, -0.25) is 9.30 Å². The van der Waals surface area contributed by atoms with Crippen molar-refractivity contribution in [3.05, 3.63) is 22.4 Å². The third-order valence-electron chi connectivity index (χ3n) is 2.99. The first kappa shape index (κ1) is 13.6. The summed E-state index contributed by atoms with van der Waals surface area (Å²) in [6, 6.07) is 0. The molecule has 2 aromatic rings. The van der Waals surface area contributed by atoms with E-state index in [4.69, 9.17) is 23.8 Å². The molecular weight excluding hydrogens is 320 g/mol. The molecule has 4 nitrogen and oxygen atoms in total. The highest BCUT2D eigenvalue weighted by Crippen LogP contribution is 2.23. The summed E-state index contributed by atoms with van der Waals surface area (Å²) in [7, 11) is 2.08. The van der Waals surface area contributed by atoms with Crippen LogP contribution in [-0.2, 0) is 6.54 Å². The van der Waals surface area contributed by atoms with Crippen LogP contribution in [0.3, 0.4) is 0 Å². The van der Waals surface area contributed by atoms with Gasteiger partial charge in [-0.2, -0.15) is 0 Å². The Balaban J connectivity index is 1.71. The van der Waals surface area contributed by atoms with Crippen LogP contribution in [0.4, 0.5) is 0 Å². The van der Waals surface area contributed by atoms with Crippen molar-refractivity contribution in [2.24, 2.45) is 0 Å². The standard InChI is InChI=1S/C11H13ClN4S3/c1-14(7-15-2-4-19-11(15)17)6-8-9(12)13-10-16(8)3-5-18-10/h3,5H,2,4,6-7H2,1H3. The van der Waals surface area contributed by atoms with E-state index in [1.165, 1.54) is 0 Å². The van der Waals surface area contributed by atoms with E-state index in [0.717, 1.165) is 40.5 Å². The van der Waals surface area contributed by atoms with Gasteiger partial charge in [-0.25, -0.2) is 4.98 Å². The average molecular weight is 333 g/mol. The van der Waals surface area contributed by atoms with Crippen LogP contribution in [0.1, 0.15) is 5.69 Å². The zero-order chi connectivity index (χ0) is 13.4. The van der Waals surface area contributed by atoms with Gasteiger partial charge in [0.05, 0.1) is 12.4 Å². The van der Waals surface area contributed by atoms with Crippen LogP contribution in [0.2, 0.25) is 5.15 Å². The molecule has 0 spiro atoms. The summed E-state index contributed by atoms with van der Waals surface area (Å²) in [4.78, 5) is 9.73. The molecule has 1 aliphatic rings. The molecule has 3 rings (SSSR count). The number of thiazole rings is 1. The minimum Gasteiger partial charge on any atom is -0.344 e. The summed E-state index contributed by atoms with van der Waals surface area (Å²) in [6.45, 7) is 2.63. The van der Waals surface area contributed by atoms with E-state index in [2.05, 4.69) is 26.2 Å². The molecule has 0 N–H and O–H groups in total. The number of fused-ring (bicyclic) bond motifs is 1. The van der Waals surface area contributed by atoms with Crippen molar-refractivity contribution in [1.82, 2.24) is 19.2 Å². The topological polar surface area (TPSA) is 23.8 Å². The number of imidazole rings is 1. The Morgan fingerprint density at radius 2 is 2.42 bits per heavy atom. The quantitative estimate of drug-likeness (QED) is 0.801. The molecule has 2 aromatic heterocycles. The lowest BCUT2D eigenvalue weighted by Gasteiger charge is -2.24. The van der Waals surface area contributed by atoms with E-state index in [0.29, 0.717) is 5.15 Å². The van der Waals surface area contributed by atoms with E-state index >= 15 is 0 Å². The molecule has 3 heterocycles. The number of nitrogens with zero attached hydrogens (tertiary/aromatic N) is 4. The van der Waals surface area contributed by atoms with Crippen molar-refractivity contribution in [3.8, 4) is 0 Å². The molecule has 0 amide bonds. The number of halogens is 1. The minimum atomic E-state index is 0.595. The van der Waals surface area contributed by atoms with E-state index in [1.54, 1.807) is 23.1 Å². The summed E-state index contributed by atoms with van der Waals surface area (Å²) in [5.74, 6) is 1.09. The van der Waals surface area contributed by atoms with E-state index in [1.807, 2.05) is 11.6 Å². The second-order valence-corrected chi connectivity index (χ2v) is 7.40. The molecule has 0 aromatic carbocycles. The molecule has 1 fully saturated rings. The van der Waals surface area contributed by atoms with Crippen LogP contribution in [0.15, 0.2) is 11.6 Å². The van der Waals surface area contributed by atoms with Crippen molar-refractivity contribution in [3.63, 3.8) is 0 Å². The van der Waals surface area contributed by atoms with Crippen LogP contribution in [0.5, 0.6) is 0 Å². The van der Waals surface area contributed by atoms with Gasteiger partial charge in [-0.1, -0.05) is 35.6 Å². The highest BCUT2D eigenvalue weighted by molar-refractivity contribution is 8.23. The predicted octanol–water partition coefficient (Wildman–Crippen LogP) is 2.77. The number of thioether (sulfide) groups is 1. The van der Waals surface area contributed by atoms with Gasteiger partial charge >= 0.3 is 0 Å². The van der Waals surface area contributed by atoms with Gasteiger partial charge in [0.1, 0.15) is 4.32 Å². The van der Waals surface area contributed by atoms with Crippen molar-refractivity contribution in [2.45, 2.75) is 6.54 Å². The van der Waals surface area contributed by atoms with Crippen molar-refractivity contribution < 1.29 is 0 Å². The van der Waals surface area contributed by atoms with Crippen LogP contribution >= 0.6 is 46.9 Å². The maximum Gasteiger partial charge on any atom is 0.195 e. The van der Waals surface area contributed by atoms with Crippen LogP contribution in [0, 0.1) is 0 Å². The summed E-state index contributed by atoms with van der Waals surface area (Å²) >= 11 is 14.9. The van der Waals surface area contributed by atoms with Crippen molar-refractivity contribution >= 4 is 56.2 Å². The first-order chi connectivity index (χ1) is 9.15. The number of thiocarbonyl (C=S) groups is 1. The molecule has 1 saturated heterocycles. The Morgan fingerprint density at radius 1 is 1.58 bits per heavy atom. The normalized spacial score (nSPS) is 16.2. The summed E-state index contributed by atoms with van der Waals surface area (Å²) in [6.07, 6.45) is 2.01. The lowest BCUT2D eigenvalue weighted by molar-refractivity contribution is 0.226. The Labute approximate surface area is 130 Å². The van der Waals surface area contributed by atoms with Gasteiger partial charge in [0, 0.05) is 30.4 Å². The zero-order valence-corrected chi connectivity index (χ0v) is 13.6. The Kier molecular flexibility index (Phi) is 4.00. The Morgan fingerprint density at radius 3 is 3.16 bits per heavy atom. The van der Waals surface area contributed by atoms with Gasteiger partial charge in [0.15, 0.2) is 10.1 Å². The molecule has 0 radical (unpaired) electrons. The molecule has 0 bridgehead atoms. The fraction of sp³-hybridized carbons (Fsp3) is 0.455. The molecular formula is C11H13ClN4S3. The molecule has 0 saturated carbocycles. The lowest BCUT2D eigenvalue weighted by atomic mass is 10.4. The SMILES string of the molecule is CN(Cc1c(Cl)nc2sccn12)CN1CCSC1=S. The minimum absolute atomic E-state index is 0.595. The largest absolute Gasteiger partial charge is 0.344 e. The zero-order valence-electron chi connectivity index (χ0n) is 10.4. The van der Waals surface area contributed by atoms with Crippen LogP contribution in [0.25, 0.3) is 4.96 Å². The lowest BCUT2D eigenvalue weighted by Crippen LogP contribution is -2.35. The summed E-state index contributed by atoms with van der Waals surface area (Å²) in [5, 5.41) is 2.62. The predicted molar refractivity (Wildman–Crippen MR) is 86.2 cm³/mol. The first-order valence-corrected chi connectivity index (χ1v) is 8.50. The van der Waals surface area contributed by atoms with Crippen LogP contribution in [-0.4, -0.2) is 49.5 Å². The maximum absolute atomic E-state index is 6.20. The second kappa shape index (κ2) is 5.57. The number of aromatic nitrogens is 2. The smallest absolute Gasteiger partial charge is 0.195 e. The molecule has 0 aliphatic carbocycles. The molecule has 102 valence electrons. The van der Waals surface area contributed by atoms with E-state index < -0.39 is 0 Å². The Hall–Kier alpha value is -0.340.